The van der Waals surface area contributed by atoms with Crippen molar-refractivity contribution in [1.82, 2.24) is 9.13 Å². The fourth-order valence-corrected chi connectivity index (χ4v) is 12.3. The summed E-state index contributed by atoms with van der Waals surface area (Å²) in [5.41, 5.74) is 18.5. The number of aromatic nitrogens is 2. The van der Waals surface area contributed by atoms with Gasteiger partial charge in [0.15, 0.2) is 0 Å². The van der Waals surface area contributed by atoms with Crippen molar-refractivity contribution in [2.45, 2.75) is 13.8 Å². The maximum absolute atomic E-state index is 2.48. The third-order valence-corrected chi connectivity index (χ3v) is 16.0. The second-order valence-electron chi connectivity index (χ2n) is 20.7. The summed E-state index contributed by atoms with van der Waals surface area (Å²) in [5, 5.41) is 12.0. The number of hydrogen-bond acceptors (Lipinski definition) is 2. The van der Waals surface area contributed by atoms with Crippen LogP contribution in [0.15, 0.2) is 279 Å². The highest BCUT2D eigenvalue weighted by molar-refractivity contribution is 6.14. The van der Waals surface area contributed by atoms with Crippen molar-refractivity contribution in [3.63, 3.8) is 0 Å². The quantitative estimate of drug-likeness (QED) is 0.143. The van der Waals surface area contributed by atoms with Gasteiger partial charge in [-0.25, -0.2) is 0 Å². The predicted octanol–water partition coefficient (Wildman–Crippen LogP) is 20.6. The van der Waals surface area contributed by atoms with Crippen LogP contribution in [0.3, 0.4) is 0 Å². The van der Waals surface area contributed by atoms with E-state index in [1.165, 1.54) is 92.6 Å². The Morgan fingerprint density at radius 2 is 0.654 bits per heavy atom. The van der Waals surface area contributed by atoms with Crippen molar-refractivity contribution in [3.8, 4) is 22.5 Å². The molecule has 0 N–H and O–H groups in total. The van der Waals surface area contributed by atoms with E-state index < -0.39 is 0 Å². The predicted molar refractivity (Wildman–Crippen MR) is 332 cm³/mol. The first-order valence-corrected chi connectivity index (χ1v) is 26.9. The first-order chi connectivity index (χ1) is 38.5. The van der Waals surface area contributed by atoms with Crippen LogP contribution in [0.2, 0.25) is 0 Å². The molecule has 13 aromatic carbocycles. The number of hydrogen-bond donors (Lipinski definition) is 0. The third-order valence-electron chi connectivity index (χ3n) is 16.0. The number of aryl methyl sites for hydroxylation is 2. The number of anilines is 6. The van der Waals surface area contributed by atoms with Gasteiger partial charge in [0.1, 0.15) is 0 Å². The molecule has 2 aromatic heterocycles. The van der Waals surface area contributed by atoms with Gasteiger partial charge in [-0.1, -0.05) is 187 Å². The fraction of sp³-hybridized carbons (Fsp3) is 0.0270. The Hall–Kier alpha value is -10.2. The van der Waals surface area contributed by atoms with E-state index in [1.54, 1.807) is 0 Å². The summed E-state index contributed by atoms with van der Waals surface area (Å²) in [6.07, 6.45) is 0. The Kier molecular flexibility index (Phi) is 10.6. The van der Waals surface area contributed by atoms with Crippen molar-refractivity contribution >= 4 is 110 Å². The first kappa shape index (κ1) is 45.3. The molecule has 0 spiro atoms. The molecule has 15 aromatic rings. The molecule has 0 saturated carbocycles. The van der Waals surface area contributed by atoms with E-state index in [1.807, 2.05) is 0 Å². The lowest BCUT2D eigenvalue weighted by Crippen LogP contribution is -2.11. The van der Waals surface area contributed by atoms with Crippen molar-refractivity contribution in [1.29, 1.82) is 0 Å². The SMILES string of the molecule is Cc1ccc(-n2c3ccccc3c3cc(N(c4ccc(-c5ccc(N(c6ccc7c(c6)c6ccccc6n7-c6ccc(C)cc6)c6cccc7ccccc67)c6ccccc56)cc4)c4cccc5ccccc45)ccc32)cc1. The van der Waals surface area contributed by atoms with Gasteiger partial charge in [0.25, 0.3) is 0 Å². The van der Waals surface area contributed by atoms with Gasteiger partial charge in [0.05, 0.1) is 39.1 Å². The molecule has 4 nitrogen and oxygen atoms in total. The number of para-hydroxylation sites is 2. The third kappa shape index (κ3) is 7.37. The van der Waals surface area contributed by atoms with Crippen LogP contribution in [0.25, 0.3) is 98.4 Å². The Bertz CT molecular complexity index is 4800. The van der Waals surface area contributed by atoms with Crippen LogP contribution >= 0.6 is 0 Å². The van der Waals surface area contributed by atoms with Crippen LogP contribution in [-0.2, 0) is 0 Å². The lowest BCUT2D eigenvalue weighted by molar-refractivity contribution is 1.17. The zero-order valence-corrected chi connectivity index (χ0v) is 43.3. The molecular formula is C74H52N4. The number of nitrogens with zero attached hydrogens (tertiary/aromatic N) is 4. The number of benzene rings is 13. The molecule has 0 atom stereocenters. The molecule has 15 rings (SSSR count). The molecule has 0 radical (unpaired) electrons. The maximum atomic E-state index is 2.48. The lowest BCUT2D eigenvalue weighted by Gasteiger charge is -2.29. The minimum absolute atomic E-state index is 1.08. The Labute approximate surface area is 453 Å². The van der Waals surface area contributed by atoms with Crippen LogP contribution in [0.5, 0.6) is 0 Å². The highest BCUT2D eigenvalue weighted by Gasteiger charge is 2.23. The van der Waals surface area contributed by atoms with Crippen LogP contribution in [0.4, 0.5) is 34.1 Å². The molecule has 0 fully saturated rings. The average Bonchev–Trinajstić information content (AvgIpc) is 4.19. The van der Waals surface area contributed by atoms with E-state index in [4.69, 9.17) is 0 Å². The van der Waals surface area contributed by atoms with Gasteiger partial charge in [-0.2, -0.15) is 0 Å². The molecule has 78 heavy (non-hydrogen) atoms. The van der Waals surface area contributed by atoms with Gasteiger partial charge in [-0.05, 0) is 144 Å². The monoisotopic (exact) mass is 996 g/mol. The van der Waals surface area contributed by atoms with E-state index >= 15 is 0 Å². The summed E-state index contributed by atoms with van der Waals surface area (Å²) >= 11 is 0. The minimum Gasteiger partial charge on any atom is -0.310 e. The fourth-order valence-electron chi connectivity index (χ4n) is 12.3. The second-order valence-corrected chi connectivity index (χ2v) is 20.7. The highest BCUT2D eigenvalue weighted by atomic mass is 15.2. The topological polar surface area (TPSA) is 16.3 Å². The van der Waals surface area contributed by atoms with Crippen molar-refractivity contribution in [2.75, 3.05) is 9.80 Å². The molecular weight excluding hydrogens is 945 g/mol. The molecule has 0 bridgehead atoms. The van der Waals surface area contributed by atoms with Crippen molar-refractivity contribution < 1.29 is 0 Å². The van der Waals surface area contributed by atoms with E-state index in [-0.39, 0.29) is 0 Å². The smallest absolute Gasteiger partial charge is 0.0542 e. The standard InChI is InChI=1S/C74H52N4/c1-49-29-35-55(36-30-49)76-70-25-11-9-23-64(70)66-47-57(41-44-73(66)76)75(68-27-13-17-51-15-3-5-19-60(51)68)54-39-33-53(34-40-54)59-43-46-72(63-22-8-7-21-62(59)63)78(69-28-14-18-52-16-4-6-20-61(52)69)58-42-45-74-67(48-58)65-24-10-12-26-71(65)77(74)56-37-31-50(2)32-38-56/h3-48H,1-2H3. The van der Waals surface area contributed by atoms with Crippen LogP contribution in [0.1, 0.15) is 11.1 Å². The zero-order chi connectivity index (χ0) is 51.8. The van der Waals surface area contributed by atoms with E-state index in [9.17, 15) is 0 Å². The van der Waals surface area contributed by atoms with E-state index in [0.29, 0.717) is 0 Å². The van der Waals surface area contributed by atoms with Gasteiger partial charge in [0, 0.05) is 66.1 Å². The molecule has 0 aliphatic rings. The van der Waals surface area contributed by atoms with Gasteiger partial charge in [-0.3, -0.25) is 0 Å². The molecule has 0 aliphatic heterocycles. The Morgan fingerprint density at radius 3 is 1.19 bits per heavy atom. The largest absolute Gasteiger partial charge is 0.310 e. The second kappa shape index (κ2) is 18.3. The number of rotatable bonds is 9. The molecule has 368 valence electrons. The van der Waals surface area contributed by atoms with E-state index in [2.05, 4.69) is 312 Å². The van der Waals surface area contributed by atoms with Gasteiger partial charge in [0.2, 0.25) is 0 Å². The number of fused-ring (bicyclic) bond motifs is 9. The van der Waals surface area contributed by atoms with Crippen LogP contribution < -0.4 is 9.80 Å². The summed E-state index contributed by atoms with van der Waals surface area (Å²) in [6, 6.07) is 103. The van der Waals surface area contributed by atoms with Crippen LogP contribution in [-0.4, -0.2) is 9.13 Å². The Balaban J connectivity index is 0.879. The maximum Gasteiger partial charge on any atom is 0.0542 e. The zero-order valence-electron chi connectivity index (χ0n) is 43.3. The summed E-state index contributed by atoms with van der Waals surface area (Å²) in [6.45, 7) is 4.29. The minimum atomic E-state index is 1.08. The summed E-state index contributed by atoms with van der Waals surface area (Å²) in [4.78, 5) is 4.91. The Morgan fingerprint density at radius 1 is 0.256 bits per heavy atom. The lowest BCUT2D eigenvalue weighted by atomic mass is 9.95. The molecule has 4 heteroatoms. The van der Waals surface area contributed by atoms with Gasteiger partial charge >= 0.3 is 0 Å². The van der Waals surface area contributed by atoms with Gasteiger partial charge in [-0.15, -0.1) is 0 Å². The summed E-state index contributed by atoms with van der Waals surface area (Å²) < 4.78 is 4.80. The summed E-state index contributed by atoms with van der Waals surface area (Å²) in [7, 11) is 0. The normalized spacial score (nSPS) is 11.7. The molecule has 2 heterocycles. The first-order valence-electron chi connectivity index (χ1n) is 26.9. The van der Waals surface area contributed by atoms with Crippen LogP contribution in [0, 0.1) is 13.8 Å². The summed E-state index contributed by atoms with van der Waals surface area (Å²) in [5.74, 6) is 0. The molecule has 0 unspecified atom stereocenters. The van der Waals surface area contributed by atoms with Crippen molar-refractivity contribution in [3.05, 3.63) is 290 Å². The molecule has 0 amide bonds. The average molecular weight is 997 g/mol. The van der Waals surface area contributed by atoms with Gasteiger partial charge < -0.3 is 18.9 Å². The van der Waals surface area contributed by atoms with Crippen molar-refractivity contribution in [2.24, 2.45) is 0 Å². The molecule has 0 saturated heterocycles. The highest BCUT2D eigenvalue weighted by Crippen LogP contribution is 2.47. The molecule has 0 aliphatic carbocycles. The van der Waals surface area contributed by atoms with E-state index in [0.717, 1.165) is 51.1 Å².